The van der Waals surface area contributed by atoms with Gasteiger partial charge >= 0.3 is 0 Å². The Kier molecular flexibility index (Phi) is 4.93. The fraction of sp³-hybridized carbons (Fsp3) is 0.364. The van der Waals surface area contributed by atoms with Crippen LogP contribution in [0.5, 0.6) is 0 Å². The van der Waals surface area contributed by atoms with Crippen molar-refractivity contribution in [1.29, 1.82) is 0 Å². The number of hydrogen-bond donors (Lipinski definition) is 0. The summed E-state index contributed by atoms with van der Waals surface area (Å²) in [6.45, 7) is 2.73. The summed E-state index contributed by atoms with van der Waals surface area (Å²) in [7, 11) is 0. The van der Waals surface area contributed by atoms with Crippen molar-refractivity contribution in [1.82, 2.24) is 0 Å². The van der Waals surface area contributed by atoms with Crippen LogP contribution in [0.3, 0.4) is 0 Å². The van der Waals surface area contributed by atoms with E-state index in [-0.39, 0.29) is 6.29 Å². The number of hydrogen-bond acceptors (Lipinski definition) is 3. The van der Waals surface area contributed by atoms with E-state index in [9.17, 15) is 4.39 Å². The number of ether oxygens (including phenoxy) is 2. The molecule has 1 fully saturated rings. The van der Waals surface area contributed by atoms with E-state index in [0.29, 0.717) is 13.2 Å². The highest BCUT2D eigenvalue weighted by molar-refractivity contribution is 5.35. The Balaban J connectivity index is 0.000000337. The Morgan fingerprint density at radius 1 is 1.27 bits per heavy atom. The number of halogens is 1. The molecule has 0 saturated carbocycles. The summed E-state index contributed by atoms with van der Waals surface area (Å²) >= 11 is 0. The van der Waals surface area contributed by atoms with Gasteiger partial charge in [-0.15, -0.1) is 0 Å². The maximum atomic E-state index is 9.61. The van der Waals surface area contributed by atoms with Crippen LogP contribution >= 0.6 is 0 Å². The summed E-state index contributed by atoms with van der Waals surface area (Å²) in [6.07, 6.45) is -0.134. The van der Waals surface area contributed by atoms with Crippen LogP contribution in [0.15, 0.2) is 24.3 Å². The minimum Gasteiger partial charge on any atom is -0.346 e. The van der Waals surface area contributed by atoms with Gasteiger partial charge in [-0.25, -0.2) is 0 Å². The van der Waals surface area contributed by atoms with Crippen molar-refractivity contribution in [3.8, 4) is 0 Å². The van der Waals surface area contributed by atoms with E-state index < -0.39 is 6.54 Å². The predicted molar refractivity (Wildman–Crippen MR) is 53.7 cm³/mol. The van der Waals surface area contributed by atoms with Gasteiger partial charge in [0.05, 0.1) is 13.2 Å². The zero-order chi connectivity index (χ0) is 11.1. The predicted octanol–water partition coefficient (Wildman–Crippen LogP) is 2.19. The molecule has 3 nitrogen and oxygen atoms in total. The van der Waals surface area contributed by atoms with Crippen molar-refractivity contribution in [2.75, 3.05) is 13.2 Å². The molecule has 82 valence electrons. The second kappa shape index (κ2) is 6.27. The van der Waals surface area contributed by atoms with E-state index in [1.165, 1.54) is 5.56 Å². The molecule has 0 aliphatic carbocycles. The third-order valence-electron chi connectivity index (χ3n) is 1.97. The summed E-state index contributed by atoms with van der Waals surface area (Å²) in [4.78, 5) is 8.14. The molecule has 0 radical (unpaired) electrons. The van der Waals surface area contributed by atoms with Gasteiger partial charge in [0.2, 0.25) is 0 Å². The molecule has 0 amide bonds. The van der Waals surface area contributed by atoms with Crippen LogP contribution in [-0.2, 0) is 14.3 Å². The third kappa shape index (κ3) is 3.77. The molecule has 2 rings (SSSR count). The second-order valence-corrected chi connectivity index (χ2v) is 3.07. The lowest BCUT2D eigenvalue weighted by Gasteiger charge is -2.08. The normalized spacial score (nSPS) is 15.6. The minimum atomic E-state index is -0.750. The highest BCUT2D eigenvalue weighted by atomic mass is 19.1. The molecule has 1 aromatic carbocycles. The molecule has 0 aromatic heterocycles. The van der Waals surface area contributed by atoms with E-state index in [4.69, 9.17) is 14.3 Å². The summed E-state index contributed by atoms with van der Waals surface area (Å²) in [5.74, 6) is 0. The van der Waals surface area contributed by atoms with Crippen molar-refractivity contribution in [2.45, 2.75) is 13.2 Å². The highest BCUT2D eigenvalue weighted by Gasteiger charge is 2.17. The Morgan fingerprint density at radius 3 is 2.20 bits per heavy atom. The van der Waals surface area contributed by atoms with Crippen LogP contribution in [0.2, 0.25) is 0 Å². The zero-order valence-electron chi connectivity index (χ0n) is 8.48. The first kappa shape index (κ1) is 11.8. The van der Waals surface area contributed by atoms with Crippen molar-refractivity contribution in [3.05, 3.63) is 35.4 Å². The smallest absolute Gasteiger partial charge is 0.289 e. The molecular formula is C11H13FO3. The van der Waals surface area contributed by atoms with Crippen LogP contribution in [0.25, 0.3) is 0 Å². The Morgan fingerprint density at radius 2 is 1.73 bits per heavy atom. The van der Waals surface area contributed by atoms with Crippen LogP contribution in [-0.4, -0.2) is 19.8 Å². The van der Waals surface area contributed by atoms with E-state index in [1.807, 2.05) is 12.1 Å². The minimum absolute atomic E-state index is 0.134. The topological polar surface area (TPSA) is 35.5 Å². The number of aryl methyl sites for hydroxylation is 1. The molecule has 4 heteroatoms. The molecular weight excluding hydrogens is 199 g/mol. The molecule has 0 unspecified atom stereocenters. The maximum absolute atomic E-state index is 9.61. The average Bonchev–Trinajstić information content (AvgIpc) is 2.73. The number of carbonyl (C=O) groups is 1. The fourth-order valence-electron chi connectivity index (χ4n) is 1.27. The van der Waals surface area contributed by atoms with E-state index >= 15 is 0 Å². The largest absolute Gasteiger partial charge is 0.346 e. The van der Waals surface area contributed by atoms with Crippen LogP contribution in [0, 0.1) is 6.92 Å². The molecule has 15 heavy (non-hydrogen) atoms. The van der Waals surface area contributed by atoms with Gasteiger partial charge in [0.25, 0.3) is 6.54 Å². The SMILES string of the molecule is Cc1ccc(C2OCCO2)cc1.O=CF. The first-order valence-electron chi connectivity index (χ1n) is 4.61. The van der Waals surface area contributed by atoms with Gasteiger partial charge in [-0.2, -0.15) is 4.39 Å². The molecule has 1 aliphatic heterocycles. The second-order valence-electron chi connectivity index (χ2n) is 3.07. The Hall–Kier alpha value is -1.26. The van der Waals surface area contributed by atoms with E-state index in [2.05, 4.69) is 19.1 Å². The van der Waals surface area contributed by atoms with Gasteiger partial charge in [0, 0.05) is 5.56 Å². The van der Waals surface area contributed by atoms with Crippen molar-refractivity contribution in [3.63, 3.8) is 0 Å². The lowest BCUT2D eigenvalue weighted by molar-refractivity contribution is -0.0441. The summed E-state index contributed by atoms with van der Waals surface area (Å²) in [6, 6.07) is 8.23. The average molecular weight is 212 g/mol. The Labute approximate surface area is 87.8 Å². The first-order chi connectivity index (χ1) is 7.27. The van der Waals surface area contributed by atoms with Crippen molar-refractivity contribution < 1.29 is 18.7 Å². The molecule has 0 atom stereocenters. The van der Waals surface area contributed by atoms with E-state index in [0.717, 1.165) is 5.56 Å². The molecule has 0 bridgehead atoms. The molecule has 1 aromatic rings. The highest BCUT2D eigenvalue weighted by Crippen LogP contribution is 2.22. The molecule has 0 N–H and O–H groups in total. The van der Waals surface area contributed by atoms with Gasteiger partial charge in [-0.1, -0.05) is 29.8 Å². The lowest BCUT2D eigenvalue weighted by Crippen LogP contribution is -1.97. The summed E-state index contributed by atoms with van der Waals surface area (Å²) in [5.41, 5.74) is 2.37. The van der Waals surface area contributed by atoms with Gasteiger partial charge in [-0.3, -0.25) is 4.79 Å². The van der Waals surface area contributed by atoms with Crippen LogP contribution < -0.4 is 0 Å². The fourth-order valence-corrected chi connectivity index (χ4v) is 1.27. The maximum Gasteiger partial charge on any atom is 0.289 e. The standard InChI is InChI=1S/C10H12O2.CHFO/c1-8-2-4-9(5-3-8)10-11-6-7-12-10;2-1-3/h2-5,10H,6-7H2,1H3;1H. The Bertz CT molecular complexity index is 291. The van der Waals surface area contributed by atoms with Gasteiger partial charge in [-0.05, 0) is 6.92 Å². The van der Waals surface area contributed by atoms with Gasteiger partial charge in [0.15, 0.2) is 6.29 Å². The molecule has 0 spiro atoms. The van der Waals surface area contributed by atoms with Crippen molar-refractivity contribution in [2.24, 2.45) is 0 Å². The number of rotatable bonds is 1. The first-order valence-corrected chi connectivity index (χ1v) is 4.61. The van der Waals surface area contributed by atoms with Crippen LogP contribution in [0.4, 0.5) is 4.39 Å². The third-order valence-corrected chi connectivity index (χ3v) is 1.97. The molecule has 1 heterocycles. The number of benzene rings is 1. The monoisotopic (exact) mass is 212 g/mol. The molecule has 1 saturated heterocycles. The van der Waals surface area contributed by atoms with Crippen LogP contribution in [0.1, 0.15) is 17.4 Å². The van der Waals surface area contributed by atoms with Gasteiger partial charge < -0.3 is 9.47 Å². The summed E-state index contributed by atoms with van der Waals surface area (Å²) < 4.78 is 20.3. The number of carbonyl (C=O) groups excluding carboxylic acids is 1. The zero-order valence-corrected chi connectivity index (χ0v) is 8.48. The summed E-state index contributed by atoms with van der Waals surface area (Å²) in [5, 5.41) is 0. The quantitative estimate of drug-likeness (QED) is 0.528. The molecule has 1 aliphatic rings. The van der Waals surface area contributed by atoms with Crippen molar-refractivity contribution >= 4 is 6.54 Å². The van der Waals surface area contributed by atoms with E-state index in [1.54, 1.807) is 0 Å². The lowest BCUT2D eigenvalue weighted by atomic mass is 10.1. The van der Waals surface area contributed by atoms with Gasteiger partial charge in [0.1, 0.15) is 0 Å².